The number of hydrogen-bond acceptors (Lipinski definition) is 2. The fourth-order valence-corrected chi connectivity index (χ4v) is 3.19. The Morgan fingerprint density at radius 1 is 1.82 bits per heavy atom. The molecule has 4 heteroatoms. The van der Waals surface area contributed by atoms with E-state index in [-0.39, 0.29) is 6.04 Å². The number of nitrogens with zero attached hydrogens (tertiary/aromatic N) is 1. The van der Waals surface area contributed by atoms with E-state index in [2.05, 4.69) is 5.92 Å². The standard InChI is InChI=1S/C7H12NO2P/c1-4-7-5-6-11(9,10-3)8(7)2/h1,7H,5-6H2,2-3H3. The van der Waals surface area contributed by atoms with E-state index in [4.69, 9.17) is 10.9 Å². The molecule has 0 amide bonds. The van der Waals surface area contributed by atoms with Crippen LogP contribution in [0, 0.1) is 12.3 Å². The smallest absolute Gasteiger partial charge is 0.273 e. The Labute approximate surface area is 67.2 Å². The Morgan fingerprint density at radius 2 is 2.45 bits per heavy atom. The van der Waals surface area contributed by atoms with Crippen LogP contribution in [0.1, 0.15) is 6.42 Å². The zero-order valence-corrected chi connectivity index (χ0v) is 7.67. The second kappa shape index (κ2) is 2.98. The van der Waals surface area contributed by atoms with Crippen molar-refractivity contribution in [1.82, 2.24) is 4.67 Å². The summed E-state index contributed by atoms with van der Waals surface area (Å²) in [4.78, 5) is 0. The summed E-state index contributed by atoms with van der Waals surface area (Å²) >= 11 is 0. The van der Waals surface area contributed by atoms with Crippen molar-refractivity contribution in [3.63, 3.8) is 0 Å². The lowest BCUT2D eigenvalue weighted by Gasteiger charge is -2.20. The molecule has 2 atom stereocenters. The summed E-state index contributed by atoms with van der Waals surface area (Å²) in [6, 6.07) is -0.0132. The predicted octanol–water partition coefficient (Wildman–Crippen LogP) is 1.16. The Hall–Kier alpha value is -0.290. The molecule has 0 aromatic carbocycles. The van der Waals surface area contributed by atoms with E-state index in [1.807, 2.05) is 0 Å². The van der Waals surface area contributed by atoms with Gasteiger partial charge >= 0.3 is 0 Å². The van der Waals surface area contributed by atoms with E-state index in [0.717, 1.165) is 6.42 Å². The molecule has 62 valence electrons. The predicted molar refractivity (Wildman–Crippen MR) is 44.5 cm³/mol. The molecule has 1 aliphatic heterocycles. The SMILES string of the molecule is C#CC1CCP(=O)(OC)N1C. The van der Waals surface area contributed by atoms with Crippen LogP contribution in [-0.2, 0) is 9.09 Å². The summed E-state index contributed by atoms with van der Waals surface area (Å²) in [6.45, 7) is 0. The molecule has 0 N–H and O–H groups in total. The van der Waals surface area contributed by atoms with E-state index in [1.54, 1.807) is 11.7 Å². The maximum Gasteiger partial charge on any atom is 0.273 e. The van der Waals surface area contributed by atoms with Crippen LogP contribution in [0.25, 0.3) is 0 Å². The largest absolute Gasteiger partial charge is 0.321 e. The van der Waals surface area contributed by atoms with Gasteiger partial charge in [0.15, 0.2) is 0 Å². The van der Waals surface area contributed by atoms with Gasteiger partial charge in [0.25, 0.3) is 7.52 Å². The number of rotatable bonds is 1. The molecule has 0 aromatic heterocycles. The molecule has 2 unspecified atom stereocenters. The minimum atomic E-state index is -2.52. The Balaban J connectivity index is 2.80. The van der Waals surface area contributed by atoms with Crippen LogP contribution in [0.2, 0.25) is 0 Å². The first kappa shape index (κ1) is 8.80. The number of terminal acetylenes is 1. The van der Waals surface area contributed by atoms with Gasteiger partial charge < -0.3 is 4.52 Å². The lowest BCUT2D eigenvalue weighted by atomic mass is 10.2. The average Bonchev–Trinajstić information content (AvgIpc) is 2.31. The molecule has 1 saturated heterocycles. The van der Waals surface area contributed by atoms with Gasteiger partial charge in [0.1, 0.15) is 0 Å². The third kappa shape index (κ3) is 1.35. The molecule has 1 rings (SSSR count). The van der Waals surface area contributed by atoms with Gasteiger partial charge in [-0.1, -0.05) is 5.92 Å². The van der Waals surface area contributed by atoms with Crippen LogP contribution < -0.4 is 0 Å². The highest BCUT2D eigenvalue weighted by Gasteiger charge is 2.39. The fraction of sp³-hybridized carbons (Fsp3) is 0.714. The van der Waals surface area contributed by atoms with Crippen molar-refractivity contribution < 1.29 is 9.09 Å². The van der Waals surface area contributed by atoms with Gasteiger partial charge in [0.2, 0.25) is 0 Å². The molecule has 1 heterocycles. The summed E-state index contributed by atoms with van der Waals surface area (Å²) in [5, 5.41) is 0. The van der Waals surface area contributed by atoms with Crippen molar-refractivity contribution in [2.75, 3.05) is 20.3 Å². The summed E-state index contributed by atoms with van der Waals surface area (Å²) in [5.41, 5.74) is 0. The quantitative estimate of drug-likeness (QED) is 0.440. The van der Waals surface area contributed by atoms with Gasteiger partial charge in [-0.3, -0.25) is 4.57 Å². The molecule has 0 radical (unpaired) electrons. The van der Waals surface area contributed by atoms with Crippen molar-refractivity contribution in [3.8, 4) is 12.3 Å². The minimum Gasteiger partial charge on any atom is -0.321 e. The van der Waals surface area contributed by atoms with E-state index in [0.29, 0.717) is 6.16 Å². The maximum absolute atomic E-state index is 11.7. The zero-order valence-electron chi connectivity index (χ0n) is 6.78. The highest BCUT2D eigenvalue weighted by molar-refractivity contribution is 7.56. The van der Waals surface area contributed by atoms with Crippen LogP contribution in [0.3, 0.4) is 0 Å². The molecule has 3 nitrogen and oxygen atoms in total. The summed E-state index contributed by atoms with van der Waals surface area (Å²) in [5.74, 6) is 2.58. The monoisotopic (exact) mass is 173 g/mol. The Kier molecular flexibility index (Phi) is 2.39. The van der Waals surface area contributed by atoms with Gasteiger partial charge in [-0.05, 0) is 13.5 Å². The molecular formula is C7H12NO2P. The normalized spacial score (nSPS) is 38.8. The lowest BCUT2D eigenvalue weighted by molar-refractivity contribution is 0.337. The third-order valence-corrected chi connectivity index (χ3v) is 4.73. The van der Waals surface area contributed by atoms with Crippen LogP contribution in [0.4, 0.5) is 0 Å². The van der Waals surface area contributed by atoms with Crippen LogP contribution in [0.15, 0.2) is 0 Å². The van der Waals surface area contributed by atoms with E-state index >= 15 is 0 Å². The van der Waals surface area contributed by atoms with Crippen molar-refractivity contribution in [2.24, 2.45) is 0 Å². The van der Waals surface area contributed by atoms with Crippen molar-refractivity contribution in [1.29, 1.82) is 0 Å². The van der Waals surface area contributed by atoms with Crippen LogP contribution in [0.5, 0.6) is 0 Å². The summed E-state index contributed by atoms with van der Waals surface area (Å²) in [6.07, 6.45) is 6.59. The van der Waals surface area contributed by atoms with Crippen molar-refractivity contribution in [2.45, 2.75) is 12.5 Å². The van der Waals surface area contributed by atoms with Gasteiger partial charge in [-0.25, -0.2) is 4.67 Å². The van der Waals surface area contributed by atoms with E-state index < -0.39 is 7.52 Å². The van der Waals surface area contributed by atoms with Crippen LogP contribution in [-0.4, -0.2) is 31.0 Å². The summed E-state index contributed by atoms with van der Waals surface area (Å²) in [7, 11) is 0.696. The molecule has 0 saturated carbocycles. The minimum absolute atomic E-state index is 0.0132. The topological polar surface area (TPSA) is 29.5 Å². The zero-order chi connectivity index (χ0) is 8.48. The molecule has 0 aliphatic carbocycles. The molecular weight excluding hydrogens is 161 g/mol. The first-order valence-electron chi connectivity index (χ1n) is 3.48. The van der Waals surface area contributed by atoms with Crippen LogP contribution >= 0.6 is 7.52 Å². The van der Waals surface area contributed by atoms with Gasteiger partial charge in [0, 0.05) is 13.3 Å². The Morgan fingerprint density at radius 3 is 2.73 bits per heavy atom. The average molecular weight is 173 g/mol. The molecule has 0 aromatic rings. The Bertz CT molecular complexity index is 233. The van der Waals surface area contributed by atoms with E-state index in [9.17, 15) is 4.57 Å². The fourth-order valence-electron chi connectivity index (χ4n) is 1.25. The van der Waals surface area contributed by atoms with Gasteiger partial charge in [-0.2, -0.15) is 0 Å². The molecule has 0 bridgehead atoms. The maximum atomic E-state index is 11.7. The number of hydrogen-bond donors (Lipinski definition) is 0. The first-order valence-corrected chi connectivity index (χ1v) is 5.24. The molecule has 1 aliphatic rings. The highest BCUT2D eigenvalue weighted by atomic mass is 31.2. The summed E-state index contributed by atoms with van der Waals surface area (Å²) < 4.78 is 18.3. The second-order valence-electron chi connectivity index (χ2n) is 2.59. The molecule has 11 heavy (non-hydrogen) atoms. The van der Waals surface area contributed by atoms with Crippen molar-refractivity contribution >= 4 is 7.52 Å². The molecule has 0 spiro atoms. The highest BCUT2D eigenvalue weighted by Crippen LogP contribution is 2.55. The van der Waals surface area contributed by atoms with Gasteiger partial charge in [-0.15, -0.1) is 6.42 Å². The second-order valence-corrected chi connectivity index (χ2v) is 5.31. The van der Waals surface area contributed by atoms with Crippen molar-refractivity contribution in [3.05, 3.63) is 0 Å². The third-order valence-electron chi connectivity index (χ3n) is 2.09. The molecule has 1 fully saturated rings. The lowest BCUT2D eigenvalue weighted by Crippen LogP contribution is -2.20. The first-order chi connectivity index (χ1) is 5.14. The van der Waals surface area contributed by atoms with E-state index in [1.165, 1.54) is 7.11 Å². The van der Waals surface area contributed by atoms with Gasteiger partial charge in [0.05, 0.1) is 6.04 Å².